The Bertz CT molecular complexity index is 732. The zero-order valence-corrected chi connectivity index (χ0v) is 17.1. The van der Waals surface area contributed by atoms with Crippen LogP contribution in [0, 0.1) is 11.3 Å². The fraction of sp³-hybridized carbons (Fsp3) is 0.700. The summed E-state index contributed by atoms with van der Waals surface area (Å²) in [5, 5.41) is 3.29. The number of amides is 1. The predicted octanol–water partition coefficient (Wildman–Crippen LogP) is 4.79. The molecule has 1 aromatic rings. The van der Waals surface area contributed by atoms with Gasteiger partial charge in [0.05, 0.1) is 18.8 Å². The van der Waals surface area contributed by atoms with E-state index in [0.29, 0.717) is 29.3 Å². The van der Waals surface area contributed by atoms with Crippen molar-refractivity contribution in [3.8, 4) is 0 Å². The summed E-state index contributed by atoms with van der Waals surface area (Å²) in [6.45, 7) is 0.708. The van der Waals surface area contributed by atoms with Gasteiger partial charge in [-0.05, 0) is 55.9 Å². The Kier molecular flexibility index (Phi) is 6.70. The molecule has 0 aliphatic heterocycles. The molecule has 1 atom stereocenters. The highest BCUT2D eigenvalue weighted by Gasteiger charge is 2.42. The summed E-state index contributed by atoms with van der Waals surface area (Å²) < 4.78 is 34.7. The van der Waals surface area contributed by atoms with Crippen LogP contribution in [-0.4, -0.2) is 31.7 Å². The molecule has 1 amide bonds. The fourth-order valence-electron chi connectivity index (χ4n) is 4.19. The number of halogens is 2. The van der Waals surface area contributed by atoms with Crippen LogP contribution in [0.3, 0.4) is 0 Å². The lowest BCUT2D eigenvalue weighted by atomic mass is 9.68. The second kappa shape index (κ2) is 8.86. The van der Waals surface area contributed by atoms with Gasteiger partial charge in [-0.25, -0.2) is 4.79 Å². The van der Waals surface area contributed by atoms with Gasteiger partial charge >= 0.3 is 12.6 Å². The van der Waals surface area contributed by atoms with Gasteiger partial charge in [-0.15, -0.1) is 11.3 Å². The summed E-state index contributed by atoms with van der Waals surface area (Å²) in [6, 6.07) is 0. The minimum Gasteiger partial charge on any atom is -0.462 e. The number of esters is 1. The van der Waals surface area contributed by atoms with Gasteiger partial charge in [-0.1, -0.05) is 12.8 Å². The Morgan fingerprint density at radius 3 is 2.71 bits per heavy atom. The Hall–Kier alpha value is -1.54. The highest BCUT2D eigenvalue weighted by Crippen LogP contribution is 2.52. The van der Waals surface area contributed by atoms with Crippen molar-refractivity contribution < 1.29 is 27.8 Å². The maximum absolute atomic E-state index is 12.5. The van der Waals surface area contributed by atoms with E-state index in [2.05, 4.69) is 10.1 Å². The number of carbonyl (C=O) groups is 2. The van der Waals surface area contributed by atoms with E-state index in [4.69, 9.17) is 4.74 Å². The first-order valence-corrected chi connectivity index (χ1v) is 10.6. The van der Waals surface area contributed by atoms with Gasteiger partial charge in [-0.2, -0.15) is 8.78 Å². The summed E-state index contributed by atoms with van der Waals surface area (Å²) >= 11 is 1.41. The summed E-state index contributed by atoms with van der Waals surface area (Å²) in [7, 11) is 0. The maximum Gasteiger partial charge on any atom is 0.345 e. The van der Waals surface area contributed by atoms with Crippen molar-refractivity contribution in [2.75, 3.05) is 18.5 Å². The van der Waals surface area contributed by atoms with E-state index in [-0.39, 0.29) is 24.5 Å². The molecule has 1 unspecified atom stereocenters. The number of rotatable bonds is 9. The smallest absolute Gasteiger partial charge is 0.345 e. The van der Waals surface area contributed by atoms with Gasteiger partial charge in [0.15, 0.2) is 0 Å². The Morgan fingerprint density at radius 2 is 2.11 bits per heavy atom. The second-order valence-electron chi connectivity index (χ2n) is 7.82. The van der Waals surface area contributed by atoms with Crippen molar-refractivity contribution in [3.63, 3.8) is 0 Å². The van der Waals surface area contributed by atoms with Crippen molar-refractivity contribution in [2.45, 2.75) is 65.4 Å². The third kappa shape index (κ3) is 5.08. The molecule has 0 saturated heterocycles. The third-order valence-corrected chi connectivity index (χ3v) is 6.74. The molecule has 1 N–H and O–H groups in total. The molecule has 1 aromatic heterocycles. The molecule has 1 heterocycles. The maximum atomic E-state index is 12.5. The normalized spacial score (nSPS) is 21.5. The average molecular weight is 416 g/mol. The van der Waals surface area contributed by atoms with Crippen molar-refractivity contribution in [3.05, 3.63) is 16.0 Å². The zero-order valence-electron chi connectivity index (χ0n) is 16.3. The van der Waals surface area contributed by atoms with Crippen LogP contribution in [0.15, 0.2) is 0 Å². The number of hydrogen-bond donors (Lipinski definition) is 1. The summed E-state index contributed by atoms with van der Waals surface area (Å²) in [4.78, 5) is 25.2. The summed E-state index contributed by atoms with van der Waals surface area (Å²) in [5.74, 6) is 0.00519. The molecule has 0 radical (unpaired) electrons. The Labute approximate surface area is 167 Å². The molecular weight excluding hydrogens is 388 g/mol. The van der Waals surface area contributed by atoms with E-state index in [9.17, 15) is 18.4 Å². The van der Waals surface area contributed by atoms with E-state index in [1.54, 1.807) is 6.92 Å². The molecule has 8 heteroatoms. The van der Waals surface area contributed by atoms with E-state index < -0.39 is 12.6 Å². The predicted molar refractivity (Wildman–Crippen MR) is 103 cm³/mol. The first-order chi connectivity index (χ1) is 13.3. The fourth-order valence-corrected chi connectivity index (χ4v) is 5.65. The van der Waals surface area contributed by atoms with Gasteiger partial charge < -0.3 is 14.8 Å². The molecule has 0 spiro atoms. The SMILES string of the molecule is CCOC(=O)c1c(NC(C)=O)sc2c1CCC(CCOC(F)F)(CC1CC1)C2. The second-order valence-corrected chi connectivity index (χ2v) is 8.92. The largest absolute Gasteiger partial charge is 0.462 e. The number of hydrogen-bond acceptors (Lipinski definition) is 5. The summed E-state index contributed by atoms with van der Waals surface area (Å²) in [6.07, 6.45) is 6.20. The van der Waals surface area contributed by atoms with Crippen LogP contribution in [0.2, 0.25) is 0 Å². The quantitative estimate of drug-likeness (QED) is 0.589. The van der Waals surface area contributed by atoms with Crippen LogP contribution in [0.1, 0.15) is 66.8 Å². The topological polar surface area (TPSA) is 64.6 Å². The monoisotopic (exact) mass is 415 g/mol. The number of thiophene rings is 1. The van der Waals surface area contributed by atoms with Gasteiger partial charge in [0.1, 0.15) is 5.00 Å². The van der Waals surface area contributed by atoms with Crippen molar-refractivity contribution in [1.82, 2.24) is 0 Å². The minimum atomic E-state index is -2.75. The van der Waals surface area contributed by atoms with E-state index in [0.717, 1.165) is 29.7 Å². The van der Waals surface area contributed by atoms with Crippen LogP contribution < -0.4 is 5.32 Å². The average Bonchev–Trinajstić information content (AvgIpc) is 3.33. The van der Waals surface area contributed by atoms with Crippen LogP contribution in [0.25, 0.3) is 0 Å². The number of ether oxygens (including phenoxy) is 2. The molecule has 2 aliphatic carbocycles. The molecule has 0 aromatic carbocycles. The number of alkyl halides is 2. The lowest BCUT2D eigenvalue weighted by molar-refractivity contribution is -0.135. The third-order valence-electron chi connectivity index (χ3n) is 5.60. The number of fused-ring (bicyclic) bond motifs is 1. The van der Waals surface area contributed by atoms with E-state index >= 15 is 0 Å². The molecule has 5 nitrogen and oxygen atoms in total. The number of nitrogens with one attached hydrogen (secondary N) is 1. The molecule has 2 aliphatic rings. The van der Waals surface area contributed by atoms with Gasteiger partial charge in [0, 0.05) is 11.8 Å². The number of anilines is 1. The van der Waals surface area contributed by atoms with E-state index in [1.165, 1.54) is 31.1 Å². The van der Waals surface area contributed by atoms with Crippen molar-refractivity contribution in [1.29, 1.82) is 0 Å². The first-order valence-electron chi connectivity index (χ1n) is 9.82. The van der Waals surface area contributed by atoms with Gasteiger partial charge in [0.2, 0.25) is 5.91 Å². The highest BCUT2D eigenvalue weighted by atomic mass is 32.1. The van der Waals surface area contributed by atoms with E-state index in [1.807, 2.05) is 0 Å². The molecule has 1 saturated carbocycles. The van der Waals surface area contributed by atoms with Gasteiger partial charge in [-0.3, -0.25) is 4.79 Å². The van der Waals surface area contributed by atoms with Crippen LogP contribution in [0.4, 0.5) is 13.8 Å². The molecule has 3 rings (SSSR count). The lowest BCUT2D eigenvalue weighted by Crippen LogP contribution is -2.31. The molecule has 28 heavy (non-hydrogen) atoms. The van der Waals surface area contributed by atoms with Crippen LogP contribution in [-0.2, 0) is 27.1 Å². The zero-order chi connectivity index (χ0) is 20.3. The van der Waals surface area contributed by atoms with Crippen molar-refractivity contribution in [2.24, 2.45) is 11.3 Å². The summed E-state index contributed by atoms with van der Waals surface area (Å²) in [5.41, 5.74) is 1.31. The molecule has 156 valence electrons. The van der Waals surface area contributed by atoms with Crippen molar-refractivity contribution >= 4 is 28.2 Å². The molecule has 0 bridgehead atoms. The Balaban J connectivity index is 1.86. The first kappa shape index (κ1) is 21.2. The minimum absolute atomic E-state index is 0.0361. The molecule has 1 fully saturated rings. The lowest BCUT2D eigenvalue weighted by Gasteiger charge is -2.37. The van der Waals surface area contributed by atoms with Gasteiger partial charge in [0.25, 0.3) is 0 Å². The van der Waals surface area contributed by atoms with Crippen LogP contribution in [0.5, 0.6) is 0 Å². The number of carbonyl (C=O) groups excluding carboxylic acids is 2. The standard InChI is InChI=1S/C20H27F2NO4S/c1-3-26-18(25)16-14-6-7-20(10-13-4-5-13,8-9-27-19(21)22)11-15(14)28-17(16)23-12(2)24/h13,19H,3-11H2,1-2H3,(H,23,24). The van der Waals surface area contributed by atoms with Crippen LogP contribution >= 0.6 is 11.3 Å². The highest BCUT2D eigenvalue weighted by molar-refractivity contribution is 7.17. The Morgan fingerprint density at radius 1 is 1.36 bits per heavy atom. The molecular formula is C20H27F2NO4S.